The van der Waals surface area contributed by atoms with E-state index in [1.54, 1.807) is 23.0 Å². The summed E-state index contributed by atoms with van der Waals surface area (Å²) in [5.41, 5.74) is 2.87. The molecule has 0 aliphatic carbocycles. The number of aromatic nitrogens is 4. The van der Waals surface area contributed by atoms with E-state index < -0.39 is 24.2 Å². The second kappa shape index (κ2) is 13.3. The van der Waals surface area contributed by atoms with Crippen LogP contribution in [0.2, 0.25) is 10.0 Å². The van der Waals surface area contributed by atoms with E-state index in [0.717, 1.165) is 11.3 Å². The molecule has 2 saturated heterocycles. The minimum atomic E-state index is -5.09. The molecule has 1 aromatic carbocycles. The van der Waals surface area contributed by atoms with Crippen LogP contribution >= 0.6 is 23.2 Å². The van der Waals surface area contributed by atoms with Crippen molar-refractivity contribution < 1.29 is 32.6 Å². The highest BCUT2D eigenvalue weighted by Crippen LogP contribution is 2.34. The van der Waals surface area contributed by atoms with Gasteiger partial charge in [0.05, 0.1) is 17.9 Å². The number of alkyl halides is 3. The molecule has 45 heavy (non-hydrogen) atoms. The lowest BCUT2D eigenvalue weighted by atomic mass is 9.86. The van der Waals surface area contributed by atoms with Crippen LogP contribution in [-0.2, 0) is 14.3 Å². The predicted molar refractivity (Wildman–Crippen MR) is 163 cm³/mol. The third-order valence-corrected chi connectivity index (χ3v) is 9.35. The van der Waals surface area contributed by atoms with Crippen molar-refractivity contribution in [2.45, 2.75) is 70.8 Å². The number of aryl methyl sites for hydroxylation is 1. The smallest absolute Gasteiger partial charge is 0.481 e. The van der Waals surface area contributed by atoms with Crippen molar-refractivity contribution in [3.8, 4) is 0 Å². The normalized spacial score (nSPS) is 23.7. The third-order valence-electron chi connectivity index (χ3n) is 8.79. The number of esters is 1. The summed E-state index contributed by atoms with van der Waals surface area (Å²) in [6.45, 7) is 7.83. The first-order valence-electron chi connectivity index (χ1n) is 14.9. The van der Waals surface area contributed by atoms with Crippen molar-refractivity contribution in [2.75, 3.05) is 31.1 Å². The highest BCUT2D eigenvalue weighted by atomic mass is 35.5. The van der Waals surface area contributed by atoms with Gasteiger partial charge in [0.2, 0.25) is 0 Å². The van der Waals surface area contributed by atoms with E-state index in [-0.39, 0.29) is 43.3 Å². The zero-order valence-electron chi connectivity index (χ0n) is 25.1. The highest BCUT2D eigenvalue weighted by Gasteiger charge is 2.44. The number of halogens is 5. The van der Waals surface area contributed by atoms with Crippen LogP contribution in [0, 0.1) is 18.8 Å². The summed E-state index contributed by atoms with van der Waals surface area (Å²) in [6.07, 6.45) is -3.27. The molecule has 0 spiro atoms. The van der Waals surface area contributed by atoms with Crippen LogP contribution in [0.4, 0.5) is 19.0 Å². The van der Waals surface area contributed by atoms with Gasteiger partial charge in [0.25, 0.3) is 0 Å². The Kier molecular flexibility index (Phi) is 9.81. The minimum Gasteiger partial charge on any atom is -0.481 e. The van der Waals surface area contributed by atoms with Gasteiger partial charge in [-0.25, -0.2) is 19.4 Å². The number of fused-ring (bicyclic) bond motifs is 1. The maximum Gasteiger partial charge on any atom is 0.490 e. The fraction of sp³-hybridized carbons (Fsp3) is 0.567. The van der Waals surface area contributed by atoms with Crippen LogP contribution in [0.1, 0.15) is 56.8 Å². The van der Waals surface area contributed by atoms with Gasteiger partial charge in [0, 0.05) is 48.7 Å². The summed E-state index contributed by atoms with van der Waals surface area (Å²) in [7, 11) is 0. The first-order chi connectivity index (χ1) is 21.2. The Hall–Kier alpha value is -3.16. The molecule has 2 aliphatic rings. The average molecular weight is 672 g/mol. The fourth-order valence-corrected chi connectivity index (χ4v) is 7.19. The molecule has 0 amide bonds. The number of ether oxygens (including phenoxy) is 1. The topological polar surface area (TPSA) is 114 Å². The molecule has 2 fully saturated rings. The number of likely N-dealkylation sites (tertiary alicyclic amines) is 1. The van der Waals surface area contributed by atoms with Crippen molar-refractivity contribution in [1.82, 2.24) is 24.6 Å². The van der Waals surface area contributed by atoms with Gasteiger partial charge < -0.3 is 14.7 Å². The van der Waals surface area contributed by atoms with Crippen LogP contribution in [0.3, 0.4) is 0 Å². The van der Waals surface area contributed by atoms with E-state index in [9.17, 15) is 27.9 Å². The first kappa shape index (κ1) is 33.2. The summed E-state index contributed by atoms with van der Waals surface area (Å²) in [4.78, 5) is 36.7. The number of carboxylic acids is 1. The number of benzene rings is 1. The standard InChI is InChI=1S/C30H35Cl2F3N6O4/c1-16-13-39(9-8-24(16)40-14-19(4-7-26(42)43)10-21(15-40)45-29(44)30(33,34)35)25-12-36-27-17(2)38-41(28(27)37-25)18(3)22-6-5-20(31)11-23(22)32/h5-6,11-12,16,18-19,21,24H,4,7-10,13-15H2,1-3H3,(H,42,43)/t16-,18+,19+,21?,24?/m0/s1. The predicted octanol–water partition coefficient (Wildman–Crippen LogP) is 5.93. The van der Waals surface area contributed by atoms with Crippen LogP contribution in [0.25, 0.3) is 11.2 Å². The second-order valence-corrected chi connectivity index (χ2v) is 12.9. The van der Waals surface area contributed by atoms with Crippen molar-refractivity contribution in [1.29, 1.82) is 0 Å². The SMILES string of the molecule is Cc1nn([C@H](C)c2ccc(Cl)cc2Cl)c2nc(N3CCC(N4CC(OC(=O)C(F)(F)F)C[C@@H](CCC(=O)O)C4)[C@@H](C)C3)cnc12. The molecule has 2 aromatic heterocycles. The summed E-state index contributed by atoms with van der Waals surface area (Å²) >= 11 is 12.6. The van der Waals surface area contributed by atoms with E-state index in [2.05, 4.69) is 21.7 Å². The summed E-state index contributed by atoms with van der Waals surface area (Å²) in [5, 5.41) is 14.9. The number of aliphatic carboxylic acids is 1. The first-order valence-corrected chi connectivity index (χ1v) is 15.6. The van der Waals surface area contributed by atoms with Gasteiger partial charge in [0.1, 0.15) is 17.4 Å². The Balaban J connectivity index is 1.33. The molecule has 2 aliphatic heterocycles. The van der Waals surface area contributed by atoms with E-state index in [1.165, 1.54) is 0 Å². The van der Waals surface area contributed by atoms with Crippen molar-refractivity contribution in [2.24, 2.45) is 11.8 Å². The van der Waals surface area contributed by atoms with Crippen LogP contribution in [-0.4, -0.2) is 86.2 Å². The molecule has 0 radical (unpaired) electrons. The molecule has 4 heterocycles. The number of hydrogen-bond donors (Lipinski definition) is 1. The summed E-state index contributed by atoms with van der Waals surface area (Å²) < 4.78 is 45.5. The van der Waals surface area contributed by atoms with Crippen LogP contribution in [0.15, 0.2) is 24.4 Å². The van der Waals surface area contributed by atoms with Gasteiger partial charge in [-0.05, 0) is 62.6 Å². The van der Waals surface area contributed by atoms with Gasteiger partial charge in [-0.15, -0.1) is 0 Å². The molecule has 0 bridgehead atoms. The van der Waals surface area contributed by atoms with Crippen LogP contribution in [0.5, 0.6) is 0 Å². The molecule has 0 saturated carbocycles. The summed E-state index contributed by atoms with van der Waals surface area (Å²) in [5.74, 6) is -2.65. The van der Waals surface area contributed by atoms with E-state index >= 15 is 0 Å². The minimum absolute atomic E-state index is 0.00232. The number of carbonyl (C=O) groups excluding carboxylic acids is 1. The maximum absolute atomic E-state index is 13.0. The molecule has 1 N–H and O–H groups in total. The fourth-order valence-electron chi connectivity index (χ4n) is 6.62. The van der Waals surface area contributed by atoms with E-state index in [0.29, 0.717) is 59.5 Å². The molecule has 3 aromatic rings. The van der Waals surface area contributed by atoms with Gasteiger partial charge in [-0.2, -0.15) is 18.3 Å². The Labute approximate surface area is 268 Å². The molecule has 10 nitrogen and oxygen atoms in total. The average Bonchev–Trinajstić information content (AvgIpc) is 3.30. The zero-order chi connectivity index (χ0) is 32.6. The quantitative estimate of drug-likeness (QED) is 0.292. The molecule has 2 unspecified atom stereocenters. The van der Waals surface area contributed by atoms with Gasteiger partial charge in [0.15, 0.2) is 5.65 Å². The molecule has 5 atom stereocenters. The van der Waals surface area contributed by atoms with Crippen molar-refractivity contribution >= 4 is 52.1 Å². The van der Waals surface area contributed by atoms with Gasteiger partial charge in [-0.3, -0.25) is 9.69 Å². The lowest BCUT2D eigenvalue weighted by Crippen LogP contribution is -2.56. The third kappa shape index (κ3) is 7.47. The van der Waals surface area contributed by atoms with E-state index in [4.69, 9.17) is 38.0 Å². The molecule has 5 rings (SSSR count). The van der Waals surface area contributed by atoms with Crippen molar-refractivity contribution in [3.05, 3.63) is 45.7 Å². The largest absolute Gasteiger partial charge is 0.490 e. The second-order valence-electron chi connectivity index (χ2n) is 12.1. The Morgan fingerprint density at radius 2 is 1.96 bits per heavy atom. The number of piperidine rings is 2. The van der Waals surface area contributed by atoms with Gasteiger partial charge in [-0.1, -0.05) is 36.2 Å². The van der Waals surface area contributed by atoms with Gasteiger partial charge >= 0.3 is 18.1 Å². The molecular formula is C30H35Cl2F3N6O4. The number of carboxylic acid groups (broad SMARTS) is 1. The lowest BCUT2D eigenvalue weighted by Gasteiger charge is -2.47. The lowest BCUT2D eigenvalue weighted by molar-refractivity contribution is -0.208. The number of rotatable bonds is 8. The Bertz CT molecular complexity index is 1570. The highest BCUT2D eigenvalue weighted by molar-refractivity contribution is 6.35. The zero-order valence-corrected chi connectivity index (χ0v) is 26.6. The number of nitrogens with zero attached hydrogens (tertiary/aromatic N) is 6. The molecule has 15 heteroatoms. The van der Waals surface area contributed by atoms with Crippen molar-refractivity contribution in [3.63, 3.8) is 0 Å². The number of anilines is 1. The summed E-state index contributed by atoms with van der Waals surface area (Å²) in [6, 6.07) is 5.09. The Morgan fingerprint density at radius 1 is 1.20 bits per heavy atom. The Morgan fingerprint density at radius 3 is 2.62 bits per heavy atom. The monoisotopic (exact) mass is 670 g/mol. The maximum atomic E-state index is 13.0. The number of carbonyl (C=O) groups is 2. The number of hydrogen-bond acceptors (Lipinski definition) is 8. The molecule has 244 valence electrons. The molecular weight excluding hydrogens is 636 g/mol. The van der Waals surface area contributed by atoms with Crippen LogP contribution < -0.4 is 4.90 Å². The van der Waals surface area contributed by atoms with E-state index in [1.807, 2.05) is 19.9 Å².